The Balaban J connectivity index is 3.36. The van der Waals surface area contributed by atoms with Gasteiger partial charge in [0.25, 0.3) is 0 Å². The van der Waals surface area contributed by atoms with Crippen molar-refractivity contribution in [3.8, 4) is 0 Å². The smallest absolute Gasteiger partial charge is 0.185 e. The first-order valence-electron chi connectivity index (χ1n) is 3.40. The molecular weight excluding hydrogens is 877 g/mol. The van der Waals surface area contributed by atoms with Gasteiger partial charge in [-0.1, -0.05) is 0 Å². The summed E-state index contributed by atoms with van der Waals surface area (Å²) >= 11 is 13.4. The molecule has 1 heterocycles. The largest absolute Gasteiger partial charge is 0.460 e. The first kappa shape index (κ1) is 16.4. The van der Waals surface area contributed by atoms with E-state index in [-0.39, 0.29) is 4.30 Å². The third kappa shape index (κ3) is 5.45. The lowest BCUT2D eigenvalue weighted by Crippen LogP contribution is -2.10. The zero-order valence-corrected chi connectivity index (χ0v) is 19.7. The summed E-state index contributed by atoms with van der Waals surface area (Å²) in [6, 6.07) is 3.09. The Kier molecular flexibility index (Phi) is 6.76. The van der Waals surface area contributed by atoms with E-state index in [0.29, 0.717) is 11.5 Å². The summed E-state index contributed by atoms with van der Waals surface area (Å²) in [5, 5.41) is 0. The number of alkyl halides is 6. The monoisotopic (exact) mass is 879 g/mol. The Bertz CT molecular complexity index is 377. The van der Waals surface area contributed by atoms with Crippen LogP contribution in [0.3, 0.4) is 0 Å². The molecule has 0 saturated carbocycles. The molecule has 0 aliphatic rings. The molecule has 8 heteroatoms. The van der Waals surface area contributed by atoms with Gasteiger partial charge in [-0.15, -0.1) is 0 Å². The quantitative estimate of drug-likeness (QED) is 0.292. The van der Waals surface area contributed by atoms with Crippen LogP contribution in [0, 0.1) is 0 Å². The number of hydrogen-bond acceptors (Lipinski definition) is 2. The molecule has 1 aromatic heterocycles. The molecule has 0 aliphatic carbocycles. The molecule has 0 amide bonds. The SMILES string of the molecule is O=c1cc(C(I)(I)I)oc(C(I)(I)I)c1. The van der Waals surface area contributed by atoms with E-state index in [0.717, 1.165) is 0 Å². The van der Waals surface area contributed by atoms with Gasteiger partial charge in [0.15, 0.2) is 4.30 Å². The van der Waals surface area contributed by atoms with Gasteiger partial charge in [-0.25, -0.2) is 0 Å². The first-order valence-corrected chi connectivity index (χ1v) is 9.87. The molecule has 84 valence electrons. The summed E-state index contributed by atoms with van der Waals surface area (Å²) in [6.45, 7) is 0. The molecule has 1 rings (SSSR count). The second-order valence-corrected chi connectivity index (χ2v) is 24.6. The molecule has 0 unspecified atom stereocenters. The standard InChI is InChI=1S/C7H2I6O2/c8-6(9,10)4-1-3(14)2-5(15-4)7(11,12)13/h1-2H. The Morgan fingerprint density at radius 2 is 1.20 bits per heavy atom. The normalized spacial score (nSPS) is 12.9. The number of halogens is 6. The van der Waals surface area contributed by atoms with Gasteiger partial charge in [0.1, 0.15) is 11.5 Å². The minimum Gasteiger partial charge on any atom is -0.460 e. The van der Waals surface area contributed by atoms with Crippen LogP contribution >= 0.6 is 136 Å². The lowest BCUT2D eigenvalue weighted by atomic mass is 10.3. The molecule has 2 nitrogen and oxygen atoms in total. The molecular formula is C7H2I6O2. The van der Waals surface area contributed by atoms with Crippen molar-refractivity contribution >= 4 is 136 Å². The van der Waals surface area contributed by atoms with Gasteiger partial charge in [-0.05, 0) is 136 Å². The Morgan fingerprint density at radius 3 is 1.47 bits per heavy atom. The number of hydrogen-bond donors (Lipinski definition) is 0. The van der Waals surface area contributed by atoms with Gasteiger partial charge >= 0.3 is 0 Å². The second kappa shape index (κ2) is 6.19. The fraction of sp³-hybridized carbons (Fsp3) is 0.286. The molecule has 0 bridgehead atoms. The Labute approximate surface area is 169 Å². The van der Waals surface area contributed by atoms with Crippen molar-refractivity contribution in [3.05, 3.63) is 33.9 Å². The van der Waals surface area contributed by atoms with Crippen molar-refractivity contribution in [2.24, 2.45) is 0 Å². The van der Waals surface area contributed by atoms with Crippen molar-refractivity contribution < 1.29 is 4.42 Å². The summed E-state index contributed by atoms with van der Waals surface area (Å²) in [5.41, 5.74) is -0.00463. The van der Waals surface area contributed by atoms with Crippen LogP contribution in [0.15, 0.2) is 21.3 Å². The van der Waals surface area contributed by atoms with Crippen LogP contribution in [-0.2, 0) is -1.13 Å². The van der Waals surface area contributed by atoms with E-state index in [2.05, 4.69) is 136 Å². The molecule has 0 aliphatic heterocycles. The van der Waals surface area contributed by atoms with Crippen LogP contribution in [0.2, 0.25) is 0 Å². The minimum absolute atomic E-state index is 0.00463. The molecule has 0 spiro atoms. The van der Waals surface area contributed by atoms with Gasteiger partial charge in [0.05, 0.1) is 0 Å². The van der Waals surface area contributed by atoms with E-state index in [1.54, 1.807) is 12.1 Å². The van der Waals surface area contributed by atoms with Crippen molar-refractivity contribution in [1.82, 2.24) is 0 Å². The second-order valence-electron chi connectivity index (χ2n) is 2.52. The van der Waals surface area contributed by atoms with E-state index in [1.165, 1.54) is 0 Å². The third-order valence-electron chi connectivity index (χ3n) is 1.33. The molecule has 0 fully saturated rings. The highest BCUT2D eigenvalue weighted by Gasteiger charge is 2.29. The maximum absolute atomic E-state index is 11.5. The maximum Gasteiger partial charge on any atom is 0.185 e. The van der Waals surface area contributed by atoms with Crippen LogP contribution in [0.25, 0.3) is 0 Å². The molecule has 0 radical (unpaired) electrons. The van der Waals surface area contributed by atoms with Crippen molar-refractivity contribution in [3.63, 3.8) is 0 Å². The van der Waals surface area contributed by atoms with E-state index < -0.39 is 0 Å². The van der Waals surface area contributed by atoms with Crippen LogP contribution < -0.4 is 5.43 Å². The van der Waals surface area contributed by atoms with Crippen molar-refractivity contribution in [1.29, 1.82) is 0 Å². The minimum atomic E-state index is -0.225. The van der Waals surface area contributed by atoms with Crippen LogP contribution in [0.5, 0.6) is 0 Å². The average Bonchev–Trinajstić information content (AvgIpc) is 1.99. The summed E-state index contributed by atoms with van der Waals surface area (Å²) in [6.07, 6.45) is 0. The highest BCUT2D eigenvalue weighted by molar-refractivity contribution is 14.3. The van der Waals surface area contributed by atoms with E-state index in [4.69, 9.17) is 4.42 Å². The van der Waals surface area contributed by atoms with Crippen LogP contribution in [0.4, 0.5) is 0 Å². The lowest BCUT2D eigenvalue weighted by Gasteiger charge is -2.16. The maximum atomic E-state index is 11.5. The molecule has 0 saturated heterocycles. The lowest BCUT2D eigenvalue weighted by molar-refractivity contribution is 0.478. The predicted molar refractivity (Wildman–Crippen MR) is 112 cm³/mol. The third-order valence-corrected chi connectivity index (χ3v) is 4.52. The molecule has 0 N–H and O–H groups in total. The first-order chi connectivity index (χ1) is 6.60. The fourth-order valence-electron chi connectivity index (χ4n) is 0.757. The van der Waals surface area contributed by atoms with Gasteiger partial charge in [0, 0.05) is 12.1 Å². The van der Waals surface area contributed by atoms with Gasteiger partial charge in [-0.2, -0.15) is 0 Å². The summed E-state index contributed by atoms with van der Waals surface area (Å²) in [5.74, 6) is 1.39. The van der Waals surface area contributed by atoms with E-state index in [1.807, 2.05) is 0 Å². The zero-order chi connectivity index (χ0) is 11.9. The van der Waals surface area contributed by atoms with Crippen molar-refractivity contribution in [2.75, 3.05) is 0 Å². The summed E-state index contributed by atoms with van der Waals surface area (Å²) < 4.78 is 5.29. The summed E-state index contributed by atoms with van der Waals surface area (Å²) in [7, 11) is 0. The Hall–Kier alpha value is 3.33. The molecule has 1 aromatic rings. The van der Waals surface area contributed by atoms with E-state index >= 15 is 0 Å². The molecule has 0 atom stereocenters. The van der Waals surface area contributed by atoms with Crippen LogP contribution in [-0.4, -0.2) is 0 Å². The number of rotatable bonds is 2. The topological polar surface area (TPSA) is 30.2 Å². The fourth-order valence-corrected chi connectivity index (χ4v) is 2.35. The van der Waals surface area contributed by atoms with Crippen LogP contribution in [0.1, 0.15) is 11.5 Å². The van der Waals surface area contributed by atoms with Gasteiger partial charge < -0.3 is 4.42 Å². The summed E-state index contributed by atoms with van der Waals surface area (Å²) in [4.78, 5) is 11.5. The zero-order valence-electron chi connectivity index (χ0n) is 6.74. The highest BCUT2D eigenvalue weighted by Crippen LogP contribution is 2.49. The van der Waals surface area contributed by atoms with Gasteiger partial charge in [-0.3, -0.25) is 4.79 Å². The van der Waals surface area contributed by atoms with E-state index in [9.17, 15) is 4.79 Å². The van der Waals surface area contributed by atoms with Gasteiger partial charge in [0.2, 0.25) is 0 Å². The Morgan fingerprint density at radius 1 is 0.867 bits per heavy atom. The highest BCUT2D eigenvalue weighted by atomic mass is 127. The van der Waals surface area contributed by atoms with Crippen molar-refractivity contribution in [2.45, 2.75) is -1.13 Å². The average molecular weight is 880 g/mol. The molecule has 15 heavy (non-hydrogen) atoms. The molecule has 0 aromatic carbocycles. The predicted octanol–water partition coefficient (Wildman–Crippen LogP) is 5.47.